The van der Waals surface area contributed by atoms with E-state index >= 15 is 0 Å². The lowest BCUT2D eigenvalue weighted by molar-refractivity contribution is -0.117. The molecule has 4 nitrogen and oxygen atoms in total. The zero-order valence-electron chi connectivity index (χ0n) is 13.3. The van der Waals surface area contributed by atoms with Gasteiger partial charge in [0.1, 0.15) is 0 Å². The predicted octanol–water partition coefficient (Wildman–Crippen LogP) is 3.35. The molecule has 1 aliphatic rings. The summed E-state index contributed by atoms with van der Waals surface area (Å²) in [6, 6.07) is 12.1. The summed E-state index contributed by atoms with van der Waals surface area (Å²) in [5.41, 5.74) is 12.1. The standard InChI is InChI=1S/C19H19N3O/c1-11-3-6-18-14(7-11)12(10-22(18)2)8-16-15-9-13(20)4-5-17(15)21-19(16)23/h3-7,9-10,16H,8,20H2,1-2H3,(H,21,23). The van der Waals surface area contributed by atoms with Gasteiger partial charge in [-0.3, -0.25) is 4.79 Å². The zero-order valence-corrected chi connectivity index (χ0v) is 13.3. The second kappa shape index (κ2) is 4.88. The number of amides is 1. The van der Waals surface area contributed by atoms with Gasteiger partial charge in [0.15, 0.2) is 0 Å². The fourth-order valence-electron chi connectivity index (χ4n) is 3.52. The molecule has 0 aliphatic carbocycles. The number of fused-ring (bicyclic) bond motifs is 2. The first-order chi connectivity index (χ1) is 11.0. The summed E-state index contributed by atoms with van der Waals surface area (Å²) in [6.07, 6.45) is 2.81. The second-order valence-corrected chi connectivity index (χ2v) is 6.38. The minimum atomic E-state index is -0.181. The average molecular weight is 305 g/mol. The summed E-state index contributed by atoms with van der Waals surface area (Å²) in [6.45, 7) is 2.09. The van der Waals surface area contributed by atoms with E-state index in [0.717, 1.165) is 11.3 Å². The number of aromatic nitrogens is 1. The molecule has 3 N–H and O–H groups in total. The maximum Gasteiger partial charge on any atom is 0.232 e. The Balaban J connectivity index is 1.79. The number of hydrogen-bond donors (Lipinski definition) is 2. The van der Waals surface area contributed by atoms with Gasteiger partial charge in [0.05, 0.1) is 5.92 Å². The fraction of sp³-hybridized carbons (Fsp3) is 0.211. The molecule has 0 fully saturated rings. The Kier molecular flexibility index (Phi) is 2.94. The van der Waals surface area contributed by atoms with Crippen LogP contribution in [0.25, 0.3) is 10.9 Å². The topological polar surface area (TPSA) is 60.1 Å². The predicted molar refractivity (Wildman–Crippen MR) is 93.6 cm³/mol. The third-order valence-electron chi connectivity index (χ3n) is 4.68. The quantitative estimate of drug-likeness (QED) is 0.713. The highest BCUT2D eigenvalue weighted by Gasteiger charge is 2.31. The number of benzene rings is 2. The number of nitrogens with two attached hydrogens (primary N) is 1. The number of carbonyl (C=O) groups is 1. The molecule has 4 heteroatoms. The van der Waals surface area contributed by atoms with E-state index in [-0.39, 0.29) is 11.8 Å². The number of carbonyl (C=O) groups excluding carboxylic acids is 1. The number of nitrogens with zero attached hydrogens (tertiary/aromatic N) is 1. The van der Waals surface area contributed by atoms with Crippen LogP contribution in [0.5, 0.6) is 0 Å². The van der Waals surface area contributed by atoms with Crippen LogP contribution in [0.2, 0.25) is 0 Å². The number of hydrogen-bond acceptors (Lipinski definition) is 2. The van der Waals surface area contributed by atoms with E-state index in [1.165, 1.54) is 22.0 Å². The van der Waals surface area contributed by atoms with Crippen LogP contribution in [-0.2, 0) is 18.3 Å². The molecule has 3 aromatic rings. The molecule has 1 amide bonds. The van der Waals surface area contributed by atoms with Crippen molar-refractivity contribution in [1.82, 2.24) is 4.57 Å². The van der Waals surface area contributed by atoms with Gasteiger partial charge in [-0.15, -0.1) is 0 Å². The number of rotatable bonds is 2. The van der Waals surface area contributed by atoms with E-state index in [1.54, 1.807) is 0 Å². The molecule has 116 valence electrons. The van der Waals surface area contributed by atoms with Gasteiger partial charge in [0, 0.05) is 35.5 Å². The van der Waals surface area contributed by atoms with Crippen LogP contribution in [-0.4, -0.2) is 10.5 Å². The van der Waals surface area contributed by atoms with Crippen LogP contribution in [0.15, 0.2) is 42.6 Å². The normalized spacial score (nSPS) is 16.6. The smallest absolute Gasteiger partial charge is 0.232 e. The van der Waals surface area contributed by atoms with E-state index in [2.05, 4.69) is 41.2 Å². The monoisotopic (exact) mass is 305 g/mol. The number of anilines is 2. The SMILES string of the molecule is Cc1ccc2c(c1)c(CC1C(=O)Nc3ccc(N)cc31)cn2C. The molecule has 0 saturated heterocycles. The van der Waals surface area contributed by atoms with Gasteiger partial charge in [-0.2, -0.15) is 0 Å². The highest BCUT2D eigenvalue weighted by atomic mass is 16.2. The number of nitrogen functional groups attached to an aromatic ring is 1. The van der Waals surface area contributed by atoms with Crippen molar-refractivity contribution >= 4 is 28.2 Å². The van der Waals surface area contributed by atoms with Crippen molar-refractivity contribution in [3.05, 3.63) is 59.3 Å². The lowest BCUT2D eigenvalue weighted by Gasteiger charge is -2.09. The minimum Gasteiger partial charge on any atom is -0.399 e. The molecular formula is C19H19N3O. The third-order valence-corrected chi connectivity index (χ3v) is 4.68. The van der Waals surface area contributed by atoms with Crippen LogP contribution in [0.3, 0.4) is 0 Å². The van der Waals surface area contributed by atoms with Crippen LogP contribution in [0, 0.1) is 6.92 Å². The molecule has 4 rings (SSSR count). The number of aryl methyl sites for hydroxylation is 2. The van der Waals surface area contributed by atoms with Gasteiger partial charge < -0.3 is 15.6 Å². The summed E-state index contributed by atoms with van der Waals surface area (Å²) in [5.74, 6) is -0.130. The molecule has 0 spiro atoms. The summed E-state index contributed by atoms with van der Waals surface area (Å²) < 4.78 is 2.12. The second-order valence-electron chi connectivity index (χ2n) is 6.38. The zero-order chi connectivity index (χ0) is 16.1. The van der Waals surface area contributed by atoms with Crippen LogP contribution in [0.4, 0.5) is 11.4 Å². The first-order valence-corrected chi connectivity index (χ1v) is 7.78. The van der Waals surface area contributed by atoms with Gasteiger partial charge in [-0.1, -0.05) is 11.6 Å². The van der Waals surface area contributed by atoms with E-state index in [0.29, 0.717) is 12.1 Å². The summed E-state index contributed by atoms with van der Waals surface area (Å²) in [5, 5.41) is 4.18. The first-order valence-electron chi connectivity index (χ1n) is 7.78. The van der Waals surface area contributed by atoms with Gasteiger partial charge in [0.2, 0.25) is 5.91 Å². The highest BCUT2D eigenvalue weighted by Crippen LogP contribution is 2.37. The van der Waals surface area contributed by atoms with Gasteiger partial charge >= 0.3 is 0 Å². The van der Waals surface area contributed by atoms with E-state index in [4.69, 9.17) is 5.73 Å². The van der Waals surface area contributed by atoms with Gasteiger partial charge in [-0.25, -0.2) is 0 Å². The fourth-order valence-corrected chi connectivity index (χ4v) is 3.52. The third kappa shape index (κ3) is 2.18. The first kappa shape index (κ1) is 13.9. The average Bonchev–Trinajstić information content (AvgIpc) is 2.98. The van der Waals surface area contributed by atoms with Crippen molar-refractivity contribution in [1.29, 1.82) is 0 Å². The Hall–Kier alpha value is -2.75. The molecule has 0 bridgehead atoms. The van der Waals surface area contributed by atoms with Crippen molar-refractivity contribution in [2.45, 2.75) is 19.3 Å². The van der Waals surface area contributed by atoms with Crippen molar-refractivity contribution in [2.24, 2.45) is 7.05 Å². The molecule has 1 unspecified atom stereocenters. The van der Waals surface area contributed by atoms with Crippen LogP contribution in [0.1, 0.15) is 22.6 Å². The molecule has 23 heavy (non-hydrogen) atoms. The van der Waals surface area contributed by atoms with Crippen molar-refractivity contribution < 1.29 is 4.79 Å². The van der Waals surface area contributed by atoms with Crippen molar-refractivity contribution in [3.8, 4) is 0 Å². The molecule has 2 aromatic carbocycles. The lowest BCUT2D eigenvalue weighted by atomic mass is 9.92. The Labute approximate surface area is 134 Å². The minimum absolute atomic E-state index is 0.0512. The molecule has 1 aliphatic heterocycles. The Morgan fingerprint density at radius 3 is 2.87 bits per heavy atom. The Morgan fingerprint density at radius 1 is 1.22 bits per heavy atom. The molecule has 0 radical (unpaired) electrons. The molecule has 2 heterocycles. The summed E-state index contributed by atoms with van der Waals surface area (Å²) in [4.78, 5) is 12.4. The lowest BCUT2D eigenvalue weighted by Crippen LogP contribution is -2.14. The number of nitrogens with one attached hydrogen (secondary N) is 1. The van der Waals surface area contributed by atoms with Crippen LogP contribution >= 0.6 is 0 Å². The molecule has 1 atom stereocenters. The van der Waals surface area contributed by atoms with Crippen molar-refractivity contribution in [2.75, 3.05) is 11.1 Å². The van der Waals surface area contributed by atoms with E-state index < -0.39 is 0 Å². The highest BCUT2D eigenvalue weighted by molar-refractivity contribution is 6.03. The largest absolute Gasteiger partial charge is 0.399 e. The maximum absolute atomic E-state index is 12.4. The van der Waals surface area contributed by atoms with Crippen LogP contribution < -0.4 is 11.1 Å². The molecule has 1 aromatic heterocycles. The van der Waals surface area contributed by atoms with E-state index in [1.807, 2.05) is 25.2 Å². The summed E-state index contributed by atoms with van der Waals surface area (Å²) in [7, 11) is 2.04. The van der Waals surface area contributed by atoms with Gasteiger partial charge in [0.25, 0.3) is 0 Å². The van der Waals surface area contributed by atoms with E-state index in [9.17, 15) is 4.79 Å². The van der Waals surface area contributed by atoms with Crippen molar-refractivity contribution in [3.63, 3.8) is 0 Å². The molecular weight excluding hydrogens is 286 g/mol. The van der Waals surface area contributed by atoms with Gasteiger partial charge in [-0.05, 0) is 54.8 Å². The molecule has 0 saturated carbocycles. The maximum atomic E-state index is 12.4. The Bertz CT molecular complexity index is 939. The summed E-state index contributed by atoms with van der Waals surface area (Å²) >= 11 is 0. The Morgan fingerprint density at radius 2 is 2.04 bits per heavy atom.